The summed E-state index contributed by atoms with van der Waals surface area (Å²) < 4.78 is 28.2. The van der Waals surface area contributed by atoms with E-state index in [1.54, 1.807) is 49.6 Å². The molecule has 124 valence electrons. The molecule has 2 N–H and O–H groups in total. The van der Waals surface area contributed by atoms with Gasteiger partial charge in [-0.15, -0.1) is 11.3 Å². The van der Waals surface area contributed by atoms with E-state index >= 15 is 0 Å². The molecule has 0 unspecified atom stereocenters. The first-order valence-corrected chi connectivity index (χ1v) is 10.1. The van der Waals surface area contributed by atoms with Gasteiger partial charge < -0.3 is 5.32 Å². The molecule has 0 saturated heterocycles. The van der Waals surface area contributed by atoms with Gasteiger partial charge in [0.15, 0.2) is 0 Å². The fraction of sp³-hybridized carbons (Fsp3) is 0.267. The number of carbonyl (C=O) groups is 1. The number of benzene rings is 1. The summed E-state index contributed by atoms with van der Waals surface area (Å²) in [6.45, 7) is 3.59. The third-order valence-electron chi connectivity index (χ3n) is 3.10. The number of nitrogens with one attached hydrogen (secondary N) is 2. The lowest BCUT2D eigenvalue weighted by Gasteiger charge is -2.21. The lowest BCUT2D eigenvalue weighted by molar-refractivity contribution is -0.118. The third-order valence-corrected chi connectivity index (χ3v) is 6.47. The average Bonchev–Trinajstić information content (AvgIpc) is 3.02. The molecule has 1 atom stereocenters. The Hall–Kier alpha value is -1.22. The molecule has 1 aromatic carbocycles. The van der Waals surface area contributed by atoms with E-state index in [1.807, 2.05) is 0 Å². The smallest absolute Gasteiger partial charge is 0.250 e. The molecular formula is C15H17BrN2O3S2. The molecule has 0 aliphatic rings. The Morgan fingerprint density at radius 1 is 1.17 bits per heavy atom. The number of thiophene rings is 1. The van der Waals surface area contributed by atoms with Gasteiger partial charge in [-0.1, -0.05) is 35.8 Å². The van der Waals surface area contributed by atoms with E-state index in [2.05, 4.69) is 26.0 Å². The highest BCUT2D eigenvalue weighted by Gasteiger charge is 2.28. The van der Waals surface area contributed by atoms with Crippen LogP contribution in [0.4, 0.5) is 5.69 Å². The Kier molecular flexibility index (Phi) is 5.96. The molecule has 1 heterocycles. The zero-order chi connectivity index (χ0) is 17.0. The van der Waals surface area contributed by atoms with Crippen LogP contribution in [0.3, 0.4) is 0 Å². The van der Waals surface area contributed by atoms with Crippen LogP contribution in [0.5, 0.6) is 0 Å². The minimum absolute atomic E-state index is 0.194. The van der Waals surface area contributed by atoms with E-state index in [1.165, 1.54) is 6.07 Å². The fourth-order valence-electron chi connectivity index (χ4n) is 1.89. The van der Waals surface area contributed by atoms with Crippen LogP contribution in [-0.4, -0.2) is 20.4 Å². The summed E-state index contributed by atoms with van der Waals surface area (Å²) in [4.78, 5) is 12.4. The van der Waals surface area contributed by atoms with Crippen LogP contribution in [0.15, 0.2) is 50.5 Å². The van der Waals surface area contributed by atoms with Gasteiger partial charge >= 0.3 is 0 Å². The van der Waals surface area contributed by atoms with Crippen LogP contribution in [0.1, 0.15) is 13.8 Å². The average molecular weight is 417 g/mol. The topological polar surface area (TPSA) is 75.3 Å². The Labute approximate surface area is 148 Å². The highest BCUT2D eigenvalue weighted by molar-refractivity contribution is 9.10. The summed E-state index contributed by atoms with van der Waals surface area (Å²) in [5, 5.41) is 4.42. The SMILES string of the molecule is CC(C)[C@@H](NS(=O)(=O)c1cccs1)C(=O)Nc1ccc(Br)cc1. The van der Waals surface area contributed by atoms with Crippen molar-refractivity contribution in [1.82, 2.24) is 4.72 Å². The van der Waals surface area contributed by atoms with Crippen LogP contribution in [-0.2, 0) is 14.8 Å². The van der Waals surface area contributed by atoms with Crippen LogP contribution >= 0.6 is 27.3 Å². The summed E-state index contributed by atoms with van der Waals surface area (Å²) in [7, 11) is -3.71. The zero-order valence-electron chi connectivity index (χ0n) is 12.6. The van der Waals surface area contributed by atoms with Crippen molar-refractivity contribution in [3.8, 4) is 0 Å². The molecule has 8 heteroatoms. The monoisotopic (exact) mass is 416 g/mol. The molecule has 0 saturated carbocycles. The second kappa shape index (κ2) is 7.57. The standard InChI is InChI=1S/C15H17BrN2O3S2/c1-10(2)14(18-23(20,21)13-4-3-9-22-13)15(19)17-12-7-5-11(16)6-8-12/h3-10,14,18H,1-2H3,(H,17,19)/t14-/m1/s1. The van der Waals surface area contributed by atoms with Gasteiger partial charge in [0.2, 0.25) is 5.91 Å². The molecule has 23 heavy (non-hydrogen) atoms. The Morgan fingerprint density at radius 2 is 1.83 bits per heavy atom. The summed E-state index contributed by atoms with van der Waals surface area (Å²) in [6, 6.07) is 9.40. The lowest BCUT2D eigenvalue weighted by Crippen LogP contribution is -2.46. The van der Waals surface area contributed by atoms with Gasteiger partial charge in [0.25, 0.3) is 10.0 Å². The molecule has 0 radical (unpaired) electrons. The minimum atomic E-state index is -3.71. The van der Waals surface area contributed by atoms with E-state index in [9.17, 15) is 13.2 Å². The first kappa shape index (κ1) is 18.1. The maximum absolute atomic E-state index is 12.4. The quantitative estimate of drug-likeness (QED) is 0.756. The summed E-state index contributed by atoms with van der Waals surface area (Å²) >= 11 is 4.44. The fourth-order valence-corrected chi connectivity index (χ4v) is 4.51. The number of amides is 1. The van der Waals surface area contributed by atoms with Crippen LogP contribution in [0.25, 0.3) is 0 Å². The summed E-state index contributed by atoms with van der Waals surface area (Å²) in [5.41, 5.74) is 0.610. The number of hydrogen-bond donors (Lipinski definition) is 2. The highest BCUT2D eigenvalue weighted by Crippen LogP contribution is 2.19. The van der Waals surface area contributed by atoms with E-state index in [0.29, 0.717) is 5.69 Å². The van der Waals surface area contributed by atoms with Gasteiger partial charge in [0, 0.05) is 10.2 Å². The van der Waals surface area contributed by atoms with E-state index < -0.39 is 16.1 Å². The third kappa shape index (κ3) is 4.87. The molecule has 0 fully saturated rings. The summed E-state index contributed by atoms with van der Waals surface area (Å²) in [6.07, 6.45) is 0. The maximum atomic E-state index is 12.4. The van der Waals surface area contributed by atoms with Crippen LogP contribution in [0, 0.1) is 5.92 Å². The van der Waals surface area contributed by atoms with E-state index in [0.717, 1.165) is 15.8 Å². The van der Waals surface area contributed by atoms with Crippen molar-refractivity contribution < 1.29 is 13.2 Å². The number of hydrogen-bond acceptors (Lipinski definition) is 4. The molecule has 5 nitrogen and oxygen atoms in total. The largest absolute Gasteiger partial charge is 0.325 e. The maximum Gasteiger partial charge on any atom is 0.250 e. The van der Waals surface area contributed by atoms with E-state index in [4.69, 9.17) is 0 Å². The predicted octanol–water partition coefficient (Wildman–Crippen LogP) is 3.45. The Morgan fingerprint density at radius 3 is 2.35 bits per heavy atom. The van der Waals surface area contributed by atoms with Crippen molar-refractivity contribution >= 4 is 48.9 Å². The normalized spacial score (nSPS) is 13.0. The number of sulfonamides is 1. The minimum Gasteiger partial charge on any atom is -0.325 e. The molecule has 2 aromatic rings. The van der Waals surface area contributed by atoms with Gasteiger partial charge in [0.05, 0.1) is 0 Å². The van der Waals surface area contributed by atoms with Gasteiger partial charge in [-0.25, -0.2) is 8.42 Å². The first-order chi connectivity index (χ1) is 10.8. The van der Waals surface area contributed by atoms with Gasteiger partial charge in [-0.2, -0.15) is 4.72 Å². The second-order valence-electron chi connectivity index (χ2n) is 5.27. The summed E-state index contributed by atoms with van der Waals surface area (Å²) in [5.74, 6) is -0.581. The first-order valence-electron chi connectivity index (χ1n) is 6.92. The van der Waals surface area contributed by atoms with E-state index in [-0.39, 0.29) is 16.0 Å². The number of carbonyl (C=O) groups excluding carboxylic acids is 1. The van der Waals surface area contributed by atoms with Crippen molar-refractivity contribution in [2.24, 2.45) is 5.92 Å². The molecule has 0 bridgehead atoms. The Balaban J connectivity index is 2.15. The second-order valence-corrected chi connectivity index (χ2v) is 9.08. The van der Waals surface area contributed by atoms with Gasteiger partial charge in [0.1, 0.15) is 10.3 Å². The molecule has 1 amide bonds. The zero-order valence-corrected chi connectivity index (χ0v) is 15.8. The van der Waals surface area contributed by atoms with Crippen molar-refractivity contribution in [2.75, 3.05) is 5.32 Å². The predicted molar refractivity (Wildman–Crippen MR) is 96.0 cm³/mol. The van der Waals surface area contributed by atoms with Crippen molar-refractivity contribution in [3.05, 3.63) is 46.3 Å². The molecule has 2 rings (SSSR count). The Bertz CT molecular complexity index is 757. The van der Waals surface area contributed by atoms with Gasteiger partial charge in [-0.3, -0.25) is 4.79 Å². The van der Waals surface area contributed by atoms with Crippen LogP contribution in [0.2, 0.25) is 0 Å². The van der Waals surface area contributed by atoms with Crippen LogP contribution < -0.4 is 10.0 Å². The molecular weight excluding hydrogens is 400 g/mol. The van der Waals surface area contributed by atoms with Gasteiger partial charge in [-0.05, 0) is 41.6 Å². The molecule has 1 aromatic heterocycles. The number of halogens is 1. The molecule has 0 aliphatic carbocycles. The highest BCUT2D eigenvalue weighted by atomic mass is 79.9. The molecule has 0 aliphatic heterocycles. The molecule has 0 spiro atoms. The van der Waals surface area contributed by atoms with Crippen molar-refractivity contribution in [1.29, 1.82) is 0 Å². The lowest BCUT2D eigenvalue weighted by atomic mass is 10.0. The number of rotatable bonds is 6. The van der Waals surface area contributed by atoms with Crippen molar-refractivity contribution in [3.63, 3.8) is 0 Å². The van der Waals surface area contributed by atoms with Crippen molar-refractivity contribution in [2.45, 2.75) is 24.1 Å². The number of anilines is 1.